The number of nitrogens with zero attached hydrogens (tertiary/aromatic N) is 2. The average Bonchev–Trinajstić information content (AvgIpc) is 3.43. The minimum atomic E-state index is -4.66. The lowest BCUT2D eigenvalue weighted by atomic mass is 9.76. The first-order chi connectivity index (χ1) is 29.0. The van der Waals surface area contributed by atoms with Crippen molar-refractivity contribution in [1.82, 2.24) is 9.21 Å². The van der Waals surface area contributed by atoms with Gasteiger partial charge in [0.05, 0.1) is 22.7 Å². The molecule has 0 bridgehead atoms. The maximum atomic E-state index is 14.4. The van der Waals surface area contributed by atoms with Gasteiger partial charge in [0.2, 0.25) is 0 Å². The molecule has 15 heteroatoms. The monoisotopic (exact) mass is 886 g/mol. The van der Waals surface area contributed by atoms with Crippen LogP contribution in [0.5, 0.6) is 11.5 Å². The van der Waals surface area contributed by atoms with Crippen molar-refractivity contribution in [2.75, 3.05) is 17.7 Å². The Kier molecular flexibility index (Phi) is 14.0. The average molecular weight is 887 g/mol. The van der Waals surface area contributed by atoms with Gasteiger partial charge < -0.3 is 20.1 Å². The molecular weight excluding hydrogens is 832 g/mol. The Labute approximate surface area is 369 Å². The number of halogens is 1. The molecule has 330 valence electrons. The first kappa shape index (κ1) is 47.3. The molecule has 1 aliphatic heterocycles. The fourth-order valence-electron chi connectivity index (χ4n) is 6.98. The number of urea groups is 1. The normalized spacial score (nSPS) is 15.2. The molecular formula is C47H55ClN4O9S. The summed E-state index contributed by atoms with van der Waals surface area (Å²) in [5.41, 5.74) is -0.174. The van der Waals surface area contributed by atoms with Crippen molar-refractivity contribution in [3.8, 4) is 11.5 Å². The second kappa shape index (κ2) is 18.3. The highest BCUT2D eigenvalue weighted by Gasteiger charge is 2.61. The first-order valence-electron chi connectivity index (χ1n) is 20.4. The SMILES string of the molecule is CCC(Oc1ccc(C(C)(C)CC)cc1C(C)(C)CC)C(=O)Nc1ccc(Cl)c(NC(=O)C(C(=O)c2ccc(OC)cc2)N2C(=O)N(S(=O)(=O)c3ccccc3)C(C)(C)C2=O)c1. The van der Waals surface area contributed by atoms with E-state index in [0.717, 1.165) is 18.4 Å². The number of hydrogen-bond acceptors (Lipinski definition) is 9. The smallest absolute Gasteiger partial charge is 0.342 e. The number of amides is 5. The van der Waals surface area contributed by atoms with Crippen molar-refractivity contribution in [1.29, 1.82) is 0 Å². The number of ketones is 1. The van der Waals surface area contributed by atoms with Crippen molar-refractivity contribution in [3.05, 3.63) is 113 Å². The zero-order valence-corrected chi connectivity index (χ0v) is 38.4. The number of imide groups is 1. The summed E-state index contributed by atoms with van der Waals surface area (Å²) in [5.74, 6) is -2.79. The number of carbonyl (C=O) groups excluding carboxylic acids is 5. The van der Waals surface area contributed by atoms with Crippen LogP contribution in [-0.2, 0) is 35.2 Å². The summed E-state index contributed by atoms with van der Waals surface area (Å²) in [7, 11) is -3.24. The van der Waals surface area contributed by atoms with Crippen molar-refractivity contribution >= 4 is 62.5 Å². The summed E-state index contributed by atoms with van der Waals surface area (Å²) in [6.45, 7) is 17.1. The van der Waals surface area contributed by atoms with E-state index in [-0.39, 0.29) is 37.7 Å². The minimum Gasteiger partial charge on any atom is -0.497 e. The third kappa shape index (κ3) is 9.36. The van der Waals surface area contributed by atoms with E-state index in [9.17, 15) is 32.4 Å². The third-order valence-electron chi connectivity index (χ3n) is 11.7. The molecule has 1 heterocycles. The fourth-order valence-corrected chi connectivity index (χ4v) is 8.83. The van der Waals surface area contributed by atoms with Crippen molar-refractivity contribution < 1.29 is 41.9 Å². The molecule has 2 N–H and O–H groups in total. The van der Waals surface area contributed by atoms with Gasteiger partial charge in [-0.1, -0.05) is 90.4 Å². The van der Waals surface area contributed by atoms with Crippen molar-refractivity contribution in [2.45, 2.75) is 115 Å². The van der Waals surface area contributed by atoms with Crippen LogP contribution in [0.1, 0.15) is 103 Å². The predicted octanol–water partition coefficient (Wildman–Crippen LogP) is 9.14. The van der Waals surface area contributed by atoms with E-state index in [0.29, 0.717) is 27.1 Å². The number of anilines is 2. The van der Waals surface area contributed by atoms with Gasteiger partial charge in [-0.25, -0.2) is 22.4 Å². The molecule has 62 heavy (non-hydrogen) atoms. The van der Waals surface area contributed by atoms with E-state index in [2.05, 4.69) is 58.2 Å². The molecule has 0 radical (unpaired) electrons. The van der Waals surface area contributed by atoms with E-state index in [1.165, 1.54) is 93.3 Å². The van der Waals surface area contributed by atoms with Crippen molar-refractivity contribution in [3.63, 3.8) is 0 Å². The number of benzene rings is 4. The van der Waals surface area contributed by atoms with Crippen LogP contribution in [0, 0.1) is 0 Å². The van der Waals surface area contributed by atoms with E-state index in [1.807, 2.05) is 19.1 Å². The quantitative estimate of drug-likeness (QED) is 0.0597. The third-order valence-corrected chi connectivity index (χ3v) is 14.0. The van der Waals surface area contributed by atoms with Gasteiger partial charge in [0.25, 0.3) is 27.7 Å². The summed E-state index contributed by atoms with van der Waals surface area (Å²) in [5, 5.41) is 5.37. The maximum absolute atomic E-state index is 14.4. The molecule has 2 atom stereocenters. The lowest BCUT2D eigenvalue weighted by Gasteiger charge is -2.31. The van der Waals surface area contributed by atoms with Crippen LogP contribution in [0.25, 0.3) is 0 Å². The number of rotatable bonds is 17. The molecule has 0 aliphatic carbocycles. The number of sulfonamides is 1. The Bertz CT molecular complexity index is 2470. The highest BCUT2D eigenvalue weighted by molar-refractivity contribution is 7.89. The number of carbonyl (C=O) groups is 5. The Balaban J connectivity index is 1.47. The number of methoxy groups -OCH3 is 1. The zero-order valence-electron chi connectivity index (χ0n) is 36.8. The van der Waals surface area contributed by atoms with Gasteiger partial charge in [0, 0.05) is 16.8 Å². The largest absolute Gasteiger partial charge is 0.497 e. The Morgan fingerprint density at radius 2 is 1.44 bits per heavy atom. The molecule has 0 spiro atoms. The molecule has 4 aromatic carbocycles. The number of hydrogen-bond donors (Lipinski definition) is 2. The molecule has 0 aromatic heterocycles. The van der Waals surface area contributed by atoms with Crippen LogP contribution >= 0.6 is 11.6 Å². The van der Waals surface area contributed by atoms with Crippen LogP contribution in [0.2, 0.25) is 5.02 Å². The lowest BCUT2D eigenvalue weighted by Crippen LogP contribution is -2.53. The lowest BCUT2D eigenvalue weighted by molar-refractivity contribution is -0.135. The van der Waals surface area contributed by atoms with Gasteiger partial charge in [0.1, 0.15) is 17.0 Å². The second-order valence-electron chi connectivity index (χ2n) is 17.0. The van der Waals surface area contributed by atoms with Crippen LogP contribution in [0.4, 0.5) is 16.2 Å². The number of nitrogens with one attached hydrogen (secondary N) is 2. The van der Waals surface area contributed by atoms with Crippen LogP contribution < -0.4 is 20.1 Å². The number of Topliss-reactive ketones (excluding diaryl/α,β-unsaturated/α-hetero) is 1. The van der Waals surface area contributed by atoms with Crippen LogP contribution in [0.3, 0.4) is 0 Å². The molecule has 13 nitrogen and oxygen atoms in total. The van der Waals surface area contributed by atoms with Gasteiger partial charge >= 0.3 is 6.03 Å². The summed E-state index contributed by atoms with van der Waals surface area (Å²) in [6, 6.07) is 19.4. The Morgan fingerprint density at radius 3 is 2.02 bits per heavy atom. The van der Waals surface area contributed by atoms with E-state index in [1.54, 1.807) is 6.07 Å². The fraction of sp³-hybridized carbons (Fsp3) is 0.383. The zero-order chi connectivity index (χ0) is 45.9. The van der Waals surface area contributed by atoms with E-state index < -0.39 is 57.2 Å². The highest BCUT2D eigenvalue weighted by Crippen LogP contribution is 2.40. The molecule has 5 rings (SSSR count). The molecule has 1 fully saturated rings. The predicted molar refractivity (Wildman–Crippen MR) is 239 cm³/mol. The second-order valence-corrected chi connectivity index (χ2v) is 19.2. The van der Waals surface area contributed by atoms with E-state index in [4.69, 9.17) is 21.1 Å². The summed E-state index contributed by atoms with van der Waals surface area (Å²) in [6.07, 6.45) is 1.17. The van der Waals surface area contributed by atoms with Gasteiger partial charge in [0.15, 0.2) is 17.9 Å². The van der Waals surface area contributed by atoms with Gasteiger partial charge in [-0.05, 0) is 110 Å². The Hall–Kier alpha value is -5.73. The van der Waals surface area contributed by atoms with Gasteiger partial charge in [-0.3, -0.25) is 19.2 Å². The molecule has 1 saturated heterocycles. The minimum absolute atomic E-state index is 0.00972. The first-order valence-corrected chi connectivity index (χ1v) is 22.3. The molecule has 0 saturated carbocycles. The van der Waals surface area contributed by atoms with Gasteiger partial charge in [-0.15, -0.1) is 0 Å². The topological polar surface area (TPSA) is 168 Å². The summed E-state index contributed by atoms with van der Waals surface area (Å²) in [4.78, 5) is 71.0. The highest BCUT2D eigenvalue weighted by atomic mass is 35.5. The molecule has 4 aromatic rings. The molecule has 5 amide bonds. The number of ether oxygens (including phenoxy) is 2. The standard InChI is InChI=1S/C47H55ClN4O9S/c1-11-37(61-38-26-21-30(45(4,5)12-2)27-34(38)46(6,7)13-3)41(54)49-31-22-25-35(48)36(28-31)50-42(55)39(40(53)29-19-23-32(60-10)24-20-29)51-43(56)47(8,9)52(44(51)57)62(58,59)33-17-15-14-16-18-33/h14-28,37,39H,11-13H2,1-10H3,(H,49,54)(H,50,55). The Morgan fingerprint density at radius 1 is 0.806 bits per heavy atom. The van der Waals surface area contributed by atoms with Crippen LogP contribution in [-0.4, -0.2) is 72.0 Å². The van der Waals surface area contributed by atoms with E-state index >= 15 is 0 Å². The maximum Gasteiger partial charge on any atom is 0.342 e. The van der Waals surface area contributed by atoms with Gasteiger partial charge in [-0.2, -0.15) is 0 Å². The van der Waals surface area contributed by atoms with Crippen LogP contribution in [0.15, 0.2) is 95.9 Å². The molecule has 1 aliphatic rings. The molecule has 2 unspecified atom stereocenters. The summed E-state index contributed by atoms with van der Waals surface area (Å²) < 4.78 is 39.8. The summed E-state index contributed by atoms with van der Waals surface area (Å²) >= 11 is 6.56. The van der Waals surface area contributed by atoms with Crippen molar-refractivity contribution in [2.24, 2.45) is 0 Å².